The fraction of sp³-hybridized carbons (Fsp3) is 0.214. The van der Waals surface area contributed by atoms with Crippen molar-refractivity contribution < 1.29 is 9.59 Å². The Labute approximate surface area is 213 Å². The average Bonchev–Trinajstić information content (AvgIpc) is 3.46. The first-order chi connectivity index (χ1) is 18.1. The van der Waals surface area contributed by atoms with Crippen LogP contribution in [0.25, 0.3) is 16.6 Å². The molecule has 0 radical (unpaired) electrons. The van der Waals surface area contributed by atoms with Gasteiger partial charge in [0.25, 0.3) is 0 Å². The highest BCUT2D eigenvalue weighted by Crippen LogP contribution is 2.45. The van der Waals surface area contributed by atoms with E-state index in [1.165, 1.54) is 0 Å². The van der Waals surface area contributed by atoms with Crippen LogP contribution in [0, 0.1) is 0 Å². The zero-order valence-corrected chi connectivity index (χ0v) is 20.1. The maximum atomic E-state index is 13.0. The molecule has 9 heteroatoms. The number of nitrogens with one attached hydrogen (secondary N) is 2. The van der Waals surface area contributed by atoms with E-state index in [1.807, 2.05) is 40.4 Å². The summed E-state index contributed by atoms with van der Waals surface area (Å²) in [6.07, 6.45) is 9.81. The maximum Gasteiger partial charge on any atom is 0.235 e. The molecule has 1 spiro atoms. The minimum atomic E-state index is -0.546. The zero-order chi connectivity index (χ0) is 25.0. The number of benzene rings is 2. The Balaban J connectivity index is 1.12. The molecule has 5 heterocycles. The highest BCUT2D eigenvalue weighted by molar-refractivity contribution is 6.06. The molecule has 9 nitrogen and oxygen atoms in total. The van der Waals surface area contributed by atoms with Gasteiger partial charge in [-0.1, -0.05) is 24.3 Å². The van der Waals surface area contributed by atoms with Gasteiger partial charge >= 0.3 is 0 Å². The Kier molecular flexibility index (Phi) is 4.78. The second-order valence-electron chi connectivity index (χ2n) is 9.84. The summed E-state index contributed by atoms with van der Waals surface area (Å²) < 4.78 is 0. The predicted molar refractivity (Wildman–Crippen MR) is 140 cm³/mol. The van der Waals surface area contributed by atoms with Gasteiger partial charge in [-0.2, -0.15) is 5.10 Å². The lowest BCUT2D eigenvalue weighted by Gasteiger charge is -2.36. The number of pyridine rings is 1. The number of hydrogen-bond acceptors (Lipinski definition) is 7. The van der Waals surface area contributed by atoms with Crippen LogP contribution in [-0.4, -0.2) is 51.6 Å². The molecule has 2 amide bonds. The fourth-order valence-corrected chi connectivity index (χ4v) is 5.72. The van der Waals surface area contributed by atoms with E-state index in [0.29, 0.717) is 32.5 Å². The minimum absolute atomic E-state index is 0.0322. The van der Waals surface area contributed by atoms with Crippen molar-refractivity contribution in [3.8, 4) is 0 Å². The van der Waals surface area contributed by atoms with Crippen LogP contribution in [0.1, 0.15) is 29.5 Å². The lowest BCUT2D eigenvalue weighted by Crippen LogP contribution is -2.45. The molecule has 1 saturated heterocycles. The van der Waals surface area contributed by atoms with Crippen LogP contribution in [0.4, 0.5) is 5.69 Å². The molecule has 184 valence electrons. The molecule has 1 fully saturated rings. The SMILES string of the molecule is O=CN1CCC2(CC1)C(=O)Nc1cc(C3=CC=C4N(Cc5ccc6ncccc6c5)N=CN4N3)ccc12. The van der Waals surface area contributed by atoms with Crippen molar-refractivity contribution >= 4 is 40.9 Å². The number of amides is 2. The number of allylic oxidation sites excluding steroid dienone is 2. The summed E-state index contributed by atoms with van der Waals surface area (Å²) in [4.78, 5) is 30.3. The second-order valence-corrected chi connectivity index (χ2v) is 9.84. The summed E-state index contributed by atoms with van der Waals surface area (Å²) in [6, 6.07) is 16.4. The smallest absolute Gasteiger partial charge is 0.235 e. The number of piperidine rings is 1. The molecule has 3 aromatic rings. The summed E-state index contributed by atoms with van der Waals surface area (Å²) in [5.41, 5.74) is 8.79. The number of anilines is 1. The van der Waals surface area contributed by atoms with Gasteiger partial charge in [0.1, 0.15) is 12.2 Å². The first-order valence-corrected chi connectivity index (χ1v) is 12.4. The normalized spacial score (nSPS) is 19.4. The van der Waals surface area contributed by atoms with E-state index in [0.717, 1.165) is 51.2 Å². The zero-order valence-electron chi connectivity index (χ0n) is 20.1. The van der Waals surface area contributed by atoms with Crippen molar-refractivity contribution in [1.29, 1.82) is 0 Å². The monoisotopic (exact) mass is 491 g/mol. The van der Waals surface area contributed by atoms with Gasteiger partial charge in [-0.25, -0.2) is 10.0 Å². The van der Waals surface area contributed by atoms with Crippen molar-refractivity contribution in [3.63, 3.8) is 0 Å². The highest BCUT2D eigenvalue weighted by Gasteiger charge is 2.48. The van der Waals surface area contributed by atoms with Gasteiger partial charge in [-0.3, -0.25) is 20.0 Å². The molecular weight excluding hydrogens is 466 g/mol. The summed E-state index contributed by atoms with van der Waals surface area (Å²) >= 11 is 0. The number of nitrogens with zero attached hydrogens (tertiary/aromatic N) is 5. The third kappa shape index (κ3) is 3.46. The molecule has 0 bridgehead atoms. The Morgan fingerprint density at radius 1 is 1.05 bits per heavy atom. The van der Waals surface area contributed by atoms with Crippen LogP contribution in [-0.2, 0) is 21.5 Å². The van der Waals surface area contributed by atoms with Gasteiger partial charge in [0.2, 0.25) is 12.3 Å². The number of likely N-dealkylation sites (tertiary alicyclic amines) is 1. The lowest BCUT2D eigenvalue weighted by atomic mass is 9.73. The van der Waals surface area contributed by atoms with Crippen molar-refractivity contribution in [3.05, 3.63) is 89.4 Å². The molecule has 37 heavy (non-hydrogen) atoms. The lowest BCUT2D eigenvalue weighted by molar-refractivity contribution is -0.126. The van der Waals surface area contributed by atoms with Crippen molar-refractivity contribution in [2.75, 3.05) is 18.4 Å². The minimum Gasteiger partial charge on any atom is -0.345 e. The highest BCUT2D eigenvalue weighted by atomic mass is 16.2. The predicted octanol–water partition coefficient (Wildman–Crippen LogP) is 3.14. The number of hydrazone groups is 1. The van der Waals surface area contributed by atoms with Crippen LogP contribution >= 0.6 is 0 Å². The summed E-state index contributed by atoms with van der Waals surface area (Å²) in [6.45, 7) is 1.83. The van der Waals surface area contributed by atoms with Gasteiger partial charge in [-0.05, 0) is 60.4 Å². The fourth-order valence-electron chi connectivity index (χ4n) is 5.72. The van der Waals surface area contributed by atoms with Gasteiger partial charge in [0.15, 0.2) is 0 Å². The van der Waals surface area contributed by atoms with Crippen LogP contribution in [0.5, 0.6) is 0 Å². The molecule has 0 unspecified atom stereocenters. The topological polar surface area (TPSA) is 93.2 Å². The van der Waals surface area contributed by atoms with E-state index in [4.69, 9.17) is 0 Å². The molecule has 0 atom stereocenters. The summed E-state index contributed by atoms with van der Waals surface area (Å²) in [5, 5.41) is 12.7. The molecule has 4 aliphatic heterocycles. The maximum absolute atomic E-state index is 13.0. The first-order valence-electron chi connectivity index (χ1n) is 12.4. The van der Waals surface area contributed by atoms with E-state index in [2.05, 4.69) is 51.2 Å². The quantitative estimate of drug-likeness (QED) is 0.545. The van der Waals surface area contributed by atoms with Crippen molar-refractivity contribution in [1.82, 2.24) is 25.3 Å². The number of fused-ring (bicyclic) bond motifs is 4. The molecule has 7 rings (SSSR count). The van der Waals surface area contributed by atoms with E-state index >= 15 is 0 Å². The number of carbonyl (C=O) groups excluding carboxylic acids is 2. The Morgan fingerprint density at radius 3 is 2.81 bits per heavy atom. The molecular formula is C28H25N7O2. The van der Waals surface area contributed by atoms with Gasteiger partial charge in [0, 0.05) is 35.9 Å². The number of hydrogen-bond donors (Lipinski definition) is 2. The Hall–Kier alpha value is -4.66. The van der Waals surface area contributed by atoms with Crippen LogP contribution in [0.15, 0.2) is 77.8 Å². The molecule has 2 aromatic carbocycles. The van der Waals surface area contributed by atoms with E-state index < -0.39 is 5.41 Å². The Morgan fingerprint density at radius 2 is 1.95 bits per heavy atom. The van der Waals surface area contributed by atoms with Crippen molar-refractivity contribution in [2.24, 2.45) is 5.10 Å². The number of aromatic nitrogens is 1. The molecule has 2 N–H and O–H groups in total. The van der Waals surface area contributed by atoms with Crippen molar-refractivity contribution in [2.45, 2.75) is 24.8 Å². The third-order valence-corrected chi connectivity index (χ3v) is 7.79. The Bertz CT molecular complexity index is 1530. The molecule has 0 saturated carbocycles. The van der Waals surface area contributed by atoms with Crippen LogP contribution in [0.2, 0.25) is 0 Å². The molecule has 1 aromatic heterocycles. The van der Waals surface area contributed by atoms with E-state index in [9.17, 15) is 9.59 Å². The number of hydrazine groups is 1. The van der Waals surface area contributed by atoms with E-state index in [-0.39, 0.29) is 5.91 Å². The van der Waals surface area contributed by atoms with Gasteiger partial charge in [0.05, 0.1) is 23.2 Å². The van der Waals surface area contributed by atoms with Crippen LogP contribution in [0.3, 0.4) is 0 Å². The standard InChI is InChI=1S/C28H25N7O2/c36-18-33-12-9-28(10-13-33)22-5-4-21(15-25(22)31-27(28)37)24-7-8-26-34(30-17-35(26)32-24)16-19-3-6-23-20(14-19)2-1-11-29-23/h1-8,11,14-15,17-18,32H,9-10,12-13,16H2,(H,31,37). The largest absolute Gasteiger partial charge is 0.345 e. The van der Waals surface area contributed by atoms with Crippen LogP contribution < -0.4 is 10.7 Å². The summed E-state index contributed by atoms with van der Waals surface area (Å²) in [5.74, 6) is 0.968. The molecule has 4 aliphatic rings. The van der Waals surface area contributed by atoms with Gasteiger partial charge in [-0.15, -0.1) is 0 Å². The molecule has 0 aliphatic carbocycles. The third-order valence-electron chi connectivity index (χ3n) is 7.79. The second kappa shape index (κ2) is 8.19. The van der Waals surface area contributed by atoms with Gasteiger partial charge < -0.3 is 10.2 Å². The average molecular weight is 492 g/mol. The number of rotatable bonds is 4. The summed E-state index contributed by atoms with van der Waals surface area (Å²) in [7, 11) is 0. The van der Waals surface area contributed by atoms with E-state index in [1.54, 1.807) is 17.4 Å². The first kappa shape index (κ1) is 21.6. The number of carbonyl (C=O) groups is 2.